The van der Waals surface area contributed by atoms with Crippen molar-refractivity contribution in [2.45, 2.75) is 6.92 Å². The van der Waals surface area contributed by atoms with Crippen LogP contribution in [0.2, 0.25) is 0 Å². The van der Waals surface area contributed by atoms with E-state index in [4.69, 9.17) is 0 Å². The minimum Gasteiger partial charge on any atom is -0.313 e. The van der Waals surface area contributed by atoms with Gasteiger partial charge in [-0.05, 0) is 18.6 Å². The smallest absolute Gasteiger partial charge is 0.258 e. The van der Waals surface area contributed by atoms with E-state index in [0.717, 1.165) is 6.20 Å². The van der Waals surface area contributed by atoms with Crippen molar-refractivity contribution in [3.05, 3.63) is 52.5 Å². The molecule has 0 aliphatic carbocycles. The highest BCUT2D eigenvalue weighted by Crippen LogP contribution is 2.24. The van der Waals surface area contributed by atoms with Gasteiger partial charge in [-0.25, -0.2) is 9.37 Å². The van der Waals surface area contributed by atoms with Gasteiger partial charge in [-0.1, -0.05) is 0 Å². The van der Waals surface area contributed by atoms with Crippen molar-refractivity contribution in [1.29, 1.82) is 0 Å². The van der Waals surface area contributed by atoms with Crippen molar-refractivity contribution in [2.24, 2.45) is 7.05 Å². The number of aromatic nitrogens is 3. The molecule has 3 aromatic heterocycles. The summed E-state index contributed by atoms with van der Waals surface area (Å²) in [6, 6.07) is 3.25. The number of anilines is 1. The van der Waals surface area contributed by atoms with Crippen LogP contribution in [0.25, 0.3) is 22.0 Å². The minimum atomic E-state index is -0.465. The first kappa shape index (κ1) is 14.8. The van der Waals surface area contributed by atoms with Crippen LogP contribution in [0.4, 0.5) is 10.2 Å². The molecule has 3 heterocycles. The van der Waals surface area contributed by atoms with E-state index in [1.54, 1.807) is 32.3 Å². The van der Waals surface area contributed by atoms with Gasteiger partial charge in [0.15, 0.2) is 0 Å². The second-order valence-corrected chi connectivity index (χ2v) is 5.11. The number of hydrogen-bond donors (Lipinski definition) is 1. The summed E-state index contributed by atoms with van der Waals surface area (Å²) in [5.41, 5.74) is 1.49. The number of fused-ring (bicyclic) bond motifs is 1. The molecular formula is C16H13FN4O2. The number of hydrogen-bond acceptors (Lipinski definition) is 4. The molecule has 0 unspecified atom stereocenters. The molecule has 0 aliphatic rings. The Hall–Kier alpha value is -3.09. The van der Waals surface area contributed by atoms with Crippen molar-refractivity contribution >= 4 is 23.1 Å². The highest BCUT2D eigenvalue weighted by molar-refractivity contribution is 5.86. The summed E-state index contributed by atoms with van der Waals surface area (Å²) in [7, 11) is 1.61. The molecule has 0 spiro atoms. The molecule has 7 heteroatoms. The third kappa shape index (κ3) is 2.46. The molecule has 3 rings (SSSR count). The zero-order chi connectivity index (χ0) is 16.6. The van der Waals surface area contributed by atoms with Crippen molar-refractivity contribution in [1.82, 2.24) is 14.5 Å². The summed E-state index contributed by atoms with van der Waals surface area (Å²) in [6.07, 6.45) is 4.65. The summed E-state index contributed by atoms with van der Waals surface area (Å²) in [4.78, 5) is 31.0. The lowest BCUT2D eigenvalue weighted by molar-refractivity contribution is -0.105. The van der Waals surface area contributed by atoms with Crippen LogP contribution in [0.1, 0.15) is 5.56 Å². The number of aryl methyl sites for hydroxylation is 1. The Bertz CT molecular complexity index is 982. The predicted octanol–water partition coefficient (Wildman–Crippen LogP) is 2.01. The fourth-order valence-electron chi connectivity index (χ4n) is 2.47. The van der Waals surface area contributed by atoms with Crippen LogP contribution >= 0.6 is 0 Å². The maximum absolute atomic E-state index is 13.7. The first-order valence-corrected chi connectivity index (χ1v) is 6.83. The molecular weight excluding hydrogens is 299 g/mol. The van der Waals surface area contributed by atoms with Gasteiger partial charge >= 0.3 is 0 Å². The molecule has 116 valence electrons. The number of rotatable bonds is 3. The van der Waals surface area contributed by atoms with Gasteiger partial charge in [-0.3, -0.25) is 14.6 Å². The predicted molar refractivity (Wildman–Crippen MR) is 84.6 cm³/mol. The van der Waals surface area contributed by atoms with Crippen molar-refractivity contribution in [2.75, 3.05) is 5.32 Å². The zero-order valence-electron chi connectivity index (χ0n) is 12.5. The number of nitrogens with zero attached hydrogens (tertiary/aromatic N) is 3. The Morgan fingerprint density at radius 1 is 1.22 bits per heavy atom. The van der Waals surface area contributed by atoms with Crippen LogP contribution in [0.5, 0.6) is 0 Å². The number of carbonyl (C=O) groups excluding carboxylic acids is 1. The van der Waals surface area contributed by atoms with Gasteiger partial charge in [0.2, 0.25) is 6.41 Å². The number of pyridine rings is 3. The van der Waals surface area contributed by atoms with Crippen molar-refractivity contribution < 1.29 is 9.18 Å². The maximum atomic E-state index is 13.7. The largest absolute Gasteiger partial charge is 0.313 e. The monoisotopic (exact) mass is 312 g/mol. The van der Waals surface area contributed by atoms with E-state index >= 15 is 0 Å². The molecule has 23 heavy (non-hydrogen) atoms. The fraction of sp³-hybridized carbons (Fsp3) is 0.125. The number of amides is 1. The van der Waals surface area contributed by atoms with E-state index < -0.39 is 5.82 Å². The van der Waals surface area contributed by atoms with Gasteiger partial charge in [0.1, 0.15) is 11.6 Å². The molecule has 0 atom stereocenters. The fourth-order valence-corrected chi connectivity index (χ4v) is 2.47. The molecule has 6 nitrogen and oxygen atoms in total. The highest BCUT2D eigenvalue weighted by Gasteiger charge is 2.14. The van der Waals surface area contributed by atoms with Crippen LogP contribution in [0.15, 0.2) is 35.5 Å². The maximum Gasteiger partial charge on any atom is 0.258 e. The average Bonchev–Trinajstić information content (AvgIpc) is 2.54. The summed E-state index contributed by atoms with van der Waals surface area (Å²) >= 11 is 0. The van der Waals surface area contributed by atoms with E-state index in [1.165, 1.54) is 10.8 Å². The van der Waals surface area contributed by atoms with Crippen LogP contribution in [0, 0.1) is 12.7 Å². The second kappa shape index (κ2) is 5.60. The van der Waals surface area contributed by atoms with Crippen LogP contribution in [-0.2, 0) is 11.8 Å². The SMILES string of the molecule is Cc1c(F)cncc1-c1cc2cnc(NC=O)cc2n(C)c1=O. The summed E-state index contributed by atoms with van der Waals surface area (Å²) in [5.74, 6) is -0.118. The number of carbonyl (C=O) groups is 1. The molecule has 0 aromatic carbocycles. The first-order chi connectivity index (χ1) is 11.0. The van der Waals surface area contributed by atoms with E-state index in [2.05, 4.69) is 15.3 Å². The van der Waals surface area contributed by atoms with E-state index in [0.29, 0.717) is 39.8 Å². The molecule has 3 aromatic rings. The Balaban J connectivity index is 2.30. The van der Waals surface area contributed by atoms with Crippen LogP contribution < -0.4 is 10.9 Å². The lowest BCUT2D eigenvalue weighted by Gasteiger charge is -2.11. The lowest BCUT2D eigenvalue weighted by Crippen LogP contribution is -2.19. The normalized spacial score (nSPS) is 10.7. The molecule has 0 aliphatic heterocycles. The molecule has 0 fully saturated rings. The van der Waals surface area contributed by atoms with Crippen molar-refractivity contribution in [3.63, 3.8) is 0 Å². The van der Waals surface area contributed by atoms with E-state index in [1.807, 2.05) is 0 Å². The summed E-state index contributed by atoms with van der Waals surface area (Å²) in [5, 5.41) is 3.14. The van der Waals surface area contributed by atoms with Gasteiger partial charge in [0, 0.05) is 42.0 Å². The van der Waals surface area contributed by atoms with Gasteiger partial charge in [0.25, 0.3) is 5.56 Å². The molecule has 1 N–H and O–H groups in total. The third-order valence-corrected chi connectivity index (χ3v) is 3.76. The Morgan fingerprint density at radius 3 is 2.74 bits per heavy atom. The zero-order valence-corrected chi connectivity index (χ0v) is 12.5. The standard InChI is InChI=1S/C16H13FN4O2/c1-9-12(6-18-7-13(9)17)11-3-10-5-19-15(20-8-22)4-14(10)21(2)16(11)23/h3-8H,1-2H3,(H,19,20,22). The van der Waals surface area contributed by atoms with Gasteiger partial charge < -0.3 is 9.88 Å². The van der Waals surface area contributed by atoms with E-state index in [9.17, 15) is 14.0 Å². The van der Waals surface area contributed by atoms with Crippen molar-refractivity contribution in [3.8, 4) is 11.1 Å². The van der Waals surface area contributed by atoms with Crippen LogP contribution in [0.3, 0.4) is 0 Å². The Kier molecular flexibility index (Phi) is 3.61. The molecule has 0 saturated carbocycles. The second-order valence-electron chi connectivity index (χ2n) is 5.11. The lowest BCUT2D eigenvalue weighted by atomic mass is 10.0. The number of nitrogens with one attached hydrogen (secondary N) is 1. The first-order valence-electron chi connectivity index (χ1n) is 6.83. The Morgan fingerprint density at radius 2 is 2.00 bits per heavy atom. The topological polar surface area (TPSA) is 76.9 Å². The number of halogens is 1. The summed E-state index contributed by atoms with van der Waals surface area (Å²) in [6.45, 7) is 1.60. The molecule has 0 saturated heterocycles. The molecule has 1 amide bonds. The Labute approximate surface area is 130 Å². The highest BCUT2D eigenvalue weighted by atomic mass is 19.1. The van der Waals surface area contributed by atoms with E-state index in [-0.39, 0.29) is 5.56 Å². The molecule has 0 bridgehead atoms. The van der Waals surface area contributed by atoms with Gasteiger partial charge in [-0.2, -0.15) is 0 Å². The third-order valence-electron chi connectivity index (χ3n) is 3.76. The minimum absolute atomic E-state index is 0.281. The van der Waals surface area contributed by atoms with Gasteiger partial charge in [0.05, 0.1) is 11.7 Å². The molecule has 0 radical (unpaired) electrons. The van der Waals surface area contributed by atoms with Gasteiger partial charge in [-0.15, -0.1) is 0 Å². The van der Waals surface area contributed by atoms with Crippen LogP contribution in [-0.4, -0.2) is 20.9 Å². The quantitative estimate of drug-likeness (QED) is 0.751. The summed E-state index contributed by atoms with van der Waals surface area (Å²) < 4.78 is 15.2. The average molecular weight is 312 g/mol.